The predicted molar refractivity (Wildman–Crippen MR) is 104 cm³/mol. The third-order valence-corrected chi connectivity index (χ3v) is 4.23. The van der Waals surface area contributed by atoms with Crippen molar-refractivity contribution < 1.29 is 19.0 Å². The van der Waals surface area contributed by atoms with E-state index in [9.17, 15) is 4.79 Å². The van der Waals surface area contributed by atoms with Gasteiger partial charge in [0.1, 0.15) is 12.4 Å². The van der Waals surface area contributed by atoms with E-state index in [2.05, 4.69) is 12.6 Å². The fourth-order valence-corrected chi connectivity index (χ4v) is 3.01. The van der Waals surface area contributed by atoms with Crippen molar-refractivity contribution in [3.63, 3.8) is 0 Å². The molecule has 0 aliphatic heterocycles. The van der Waals surface area contributed by atoms with Gasteiger partial charge >= 0.3 is 5.97 Å². The van der Waals surface area contributed by atoms with Gasteiger partial charge in [-0.05, 0) is 29.0 Å². The molecule has 0 fully saturated rings. The Hall–Kier alpha value is -2.56. The van der Waals surface area contributed by atoms with Crippen molar-refractivity contribution in [2.24, 2.45) is 0 Å². The van der Waals surface area contributed by atoms with Crippen LogP contribution in [0.15, 0.2) is 61.2 Å². The van der Waals surface area contributed by atoms with E-state index >= 15 is 0 Å². The first-order chi connectivity index (χ1) is 12.6. The lowest BCUT2D eigenvalue weighted by atomic mass is 10.0. The molecule has 3 rings (SSSR count). The third-order valence-electron chi connectivity index (χ3n) is 3.99. The van der Waals surface area contributed by atoms with E-state index in [1.165, 1.54) is 0 Å². The van der Waals surface area contributed by atoms with Gasteiger partial charge in [-0.25, -0.2) is 4.79 Å². The molecule has 0 aliphatic rings. The van der Waals surface area contributed by atoms with Crippen LogP contribution in [0.2, 0.25) is 5.02 Å². The van der Waals surface area contributed by atoms with E-state index in [4.69, 9.17) is 25.8 Å². The average Bonchev–Trinajstić information content (AvgIpc) is 2.65. The first-order valence-electron chi connectivity index (χ1n) is 8.18. The minimum atomic E-state index is -0.543. The second kappa shape index (κ2) is 8.21. The van der Waals surface area contributed by atoms with Gasteiger partial charge < -0.3 is 14.2 Å². The zero-order valence-electron chi connectivity index (χ0n) is 14.4. The van der Waals surface area contributed by atoms with Gasteiger partial charge in [0.2, 0.25) is 0 Å². The van der Waals surface area contributed by atoms with Crippen molar-refractivity contribution in [3.8, 4) is 5.75 Å². The fourth-order valence-electron chi connectivity index (χ4n) is 2.84. The summed E-state index contributed by atoms with van der Waals surface area (Å²) in [5, 5.41) is 4.58. The van der Waals surface area contributed by atoms with Crippen LogP contribution in [-0.2, 0) is 14.3 Å². The lowest BCUT2D eigenvalue weighted by molar-refractivity contribution is -0.147. The Bertz CT molecular complexity index is 951. The maximum absolute atomic E-state index is 11.5. The highest BCUT2D eigenvalue weighted by Crippen LogP contribution is 2.36. The van der Waals surface area contributed by atoms with Crippen molar-refractivity contribution >= 4 is 39.1 Å². The number of halogens is 1. The Morgan fingerprint density at radius 3 is 2.65 bits per heavy atom. The zero-order chi connectivity index (χ0) is 18.5. The first kappa shape index (κ1) is 18.2. The van der Waals surface area contributed by atoms with Crippen LogP contribution in [0.25, 0.3) is 21.5 Å². The highest BCUT2D eigenvalue weighted by molar-refractivity contribution is 6.31. The molecule has 1 atom stereocenters. The number of benzene rings is 3. The molecule has 0 bridgehead atoms. The summed E-state index contributed by atoms with van der Waals surface area (Å²) < 4.78 is 16.5. The van der Waals surface area contributed by atoms with E-state index in [1.807, 2.05) is 42.5 Å². The number of carbonyl (C=O) groups excluding carboxylic acids is 1. The monoisotopic (exact) mass is 370 g/mol. The summed E-state index contributed by atoms with van der Waals surface area (Å²) in [4.78, 5) is 11.5. The number of esters is 1. The first-order valence-corrected chi connectivity index (χ1v) is 8.56. The summed E-state index contributed by atoms with van der Waals surface area (Å²) in [5.74, 6) is 0.192. The molecule has 0 aliphatic carbocycles. The summed E-state index contributed by atoms with van der Waals surface area (Å²) in [6.45, 7) is 3.79. The molecule has 26 heavy (non-hydrogen) atoms. The third kappa shape index (κ3) is 3.98. The highest BCUT2D eigenvalue weighted by atomic mass is 35.5. The van der Waals surface area contributed by atoms with Crippen molar-refractivity contribution in [1.82, 2.24) is 0 Å². The fraction of sp³-hybridized carbons (Fsp3) is 0.190. The van der Waals surface area contributed by atoms with Crippen LogP contribution >= 0.6 is 11.6 Å². The maximum atomic E-state index is 11.5. The van der Waals surface area contributed by atoms with Gasteiger partial charge in [-0.2, -0.15) is 0 Å². The number of methoxy groups -OCH3 is 1. The minimum absolute atomic E-state index is 0.156. The molecule has 0 saturated heterocycles. The molecule has 3 aromatic carbocycles. The summed E-state index contributed by atoms with van der Waals surface area (Å²) in [6.07, 6.45) is 0.578. The summed E-state index contributed by atoms with van der Waals surface area (Å²) in [6, 6.07) is 15.7. The quantitative estimate of drug-likeness (QED) is 0.341. The molecule has 0 heterocycles. The second-order valence-electron chi connectivity index (χ2n) is 5.82. The van der Waals surface area contributed by atoms with Gasteiger partial charge in [0, 0.05) is 29.0 Å². The molecule has 0 aromatic heterocycles. The van der Waals surface area contributed by atoms with E-state index in [1.54, 1.807) is 7.11 Å². The van der Waals surface area contributed by atoms with Crippen LogP contribution in [-0.4, -0.2) is 32.4 Å². The van der Waals surface area contributed by atoms with Crippen LogP contribution in [0.3, 0.4) is 0 Å². The van der Waals surface area contributed by atoms with E-state index in [0.29, 0.717) is 10.8 Å². The molecule has 134 valence electrons. The molecule has 0 amide bonds. The Morgan fingerprint density at radius 2 is 1.88 bits per heavy atom. The second-order valence-corrected chi connectivity index (χ2v) is 6.26. The van der Waals surface area contributed by atoms with Crippen LogP contribution in [0.4, 0.5) is 0 Å². The SMILES string of the molecule is C=CC(=O)OC(COC)COc1c2ccccc2cc2ccc(Cl)cc12. The lowest BCUT2D eigenvalue weighted by Gasteiger charge is -2.19. The Labute approximate surface area is 156 Å². The van der Waals surface area contributed by atoms with Crippen molar-refractivity contribution in [3.05, 3.63) is 66.2 Å². The van der Waals surface area contributed by atoms with Crippen molar-refractivity contribution in [2.75, 3.05) is 20.3 Å². The predicted octanol–water partition coefficient (Wildman–Crippen LogP) is 4.77. The smallest absolute Gasteiger partial charge is 0.330 e. The lowest BCUT2D eigenvalue weighted by Crippen LogP contribution is -2.28. The van der Waals surface area contributed by atoms with E-state index in [-0.39, 0.29) is 13.2 Å². The molecule has 0 spiro atoms. The molecule has 0 N–H and O–H groups in total. The van der Waals surface area contributed by atoms with Gasteiger partial charge in [-0.3, -0.25) is 0 Å². The van der Waals surface area contributed by atoms with Gasteiger partial charge in [-0.1, -0.05) is 48.5 Å². The Balaban J connectivity index is 1.99. The highest BCUT2D eigenvalue weighted by Gasteiger charge is 2.16. The number of carbonyl (C=O) groups is 1. The normalized spacial score (nSPS) is 12.1. The van der Waals surface area contributed by atoms with E-state index in [0.717, 1.165) is 27.6 Å². The Kier molecular flexibility index (Phi) is 5.76. The summed E-state index contributed by atoms with van der Waals surface area (Å²) in [5.41, 5.74) is 0. The van der Waals surface area contributed by atoms with Crippen LogP contribution in [0.1, 0.15) is 0 Å². The molecule has 3 aromatic rings. The number of rotatable bonds is 7. The standard InChI is InChI=1S/C21H19ClO4/c1-3-20(23)26-17(12-24-2)13-25-21-18-7-5-4-6-14(18)10-15-8-9-16(22)11-19(15)21/h3-11,17H,1,12-13H2,2H3. The van der Waals surface area contributed by atoms with Gasteiger partial charge in [0.05, 0.1) is 6.61 Å². The number of fused-ring (bicyclic) bond motifs is 2. The van der Waals surface area contributed by atoms with Gasteiger partial charge in [0.15, 0.2) is 6.10 Å². The van der Waals surface area contributed by atoms with Crippen LogP contribution in [0, 0.1) is 0 Å². The maximum Gasteiger partial charge on any atom is 0.330 e. The number of hydrogen-bond acceptors (Lipinski definition) is 4. The number of ether oxygens (including phenoxy) is 3. The minimum Gasteiger partial charge on any atom is -0.488 e. The summed E-state index contributed by atoms with van der Waals surface area (Å²) in [7, 11) is 1.54. The van der Waals surface area contributed by atoms with Crippen LogP contribution < -0.4 is 4.74 Å². The van der Waals surface area contributed by atoms with Gasteiger partial charge in [-0.15, -0.1) is 0 Å². The van der Waals surface area contributed by atoms with E-state index < -0.39 is 12.1 Å². The molecular weight excluding hydrogens is 352 g/mol. The molecular formula is C21H19ClO4. The van der Waals surface area contributed by atoms with Crippen LogP contribution in [0.5, 0.6) is 5.75 Å². The topological polar surface area (TPSA) is 44.8 Å². The molecule has 5 heteroatoms. The molecule has 1 unspecified atom stereocenters. The molecule has 4 nitrogen and oxygen atoms in total. The van der Waals surface area contributed by atoms with Gasteiger partial charge in [0.25, 0.3) is 0 Å². The largest absolute Gasteiger partial charge is 0.488 e. The summed E-state index contributed by atoms with van der Waals surface area (Å²) >= 11 is 6.19. The van der Waals surface area contributed by atoms with Crippen molar-refractivity contribution in [1.29, 1.82) is 0 Å². The zero-order valence-corrected chi connectivity index (χ0v) is 15.2. The number of hydrogen-bond donors (Lipinski definition) is 0. The molecule has 0 saturated carbocycles. The molecule has 0 radical (unpaired) electrons. The average molecular weight is 371 g/mol. The van der Waals surface area contributed by atoms with Crippen molar-refractivity contribution in [2.45, 2.75) is 6.10 Å². The Morgan fingerprint density at radius 1 is 1.12 bits per heavy atom.